The minimum atomic E-state index is -0.440. The van der Waals surface area contributed by atoms with Crippen LogP contribution in [-0.2, 0) is 4.74 Å². The quantitative estimate of drug-likeness (QED) is 0.442. The Balaban J connectivity index is 1.64. The van der Waals surface area contributed by atoms with Gasteiger partial charge in [0.05, 0.1) is 18.7 Å². The average Bonchev–Trinajstić information content (AvgIpc) is 3.22. The summed E-state index contributed by atoms with van der Waals surface area (Å²) in [5, 5.41) is 7.55. The van der Waals surface area contributed by atoms with E-state index in [-0.39, 0.29) is 0 Å². The molecule has 0 aliphatic carbocycles. The van der Waals surface area contributed by atoms with E-state index < -0.39 is 5.97 Å². The first kappa shape index (κ1) is 18.9. The number of carbonyl (C=O) groups is 1. The van der Waals surface area contributed by atoms with Crippen LogP contribution < -0.4 is 10.1 Å². The van der Waals surface area contributed by atoms with Gasteiger partial charge in [-0.3, -0.25) is 0 Å². The second kappa shape index (κ2) is 7.92. The Kier molecular flexibility index (Phi) is 5.18. The molecule has 0 saturated carbocycles. The topological polar surface area (TPSA) is 77.8 Å². The molecule has 146 valence electrons. The minimum Gasteiger partial charge on any atom is -0.496 e. The van der Waals surface area contributed by atoms with E-state index in [2.05, 4.69) is 31.3 Å². The molecule has 1 N–H and O–H groups in total. The highest BCUT2D eigenvalue weighted by atomic mass is 79.9. The Hall–Kier alpha value is -3.39. The first-order valence-electron chi connectivity index (χ1n) is 8.72. The Morgan fingerprint density at radius 1 is 1.07 bits per heavy atom. The van der Waals surface area contributed by atoms with Crippen LogP contribution in [0.25, 0.3) is 16.8 Å². The molecule has 0 saturated heterocycles. The normalized spacial score (nSPS) is 10.7. The van der Waals surface area contributed by atoms with E-state index in [0.29, 0.717) is 11.3 Å². The summed E-state index contributed by atoms with van der Waals surface area (Å²) in [6, 6.07) is 15.2. The second-order valence-electron chi connectivity index (χ2n) is 6.22. The van der Waals surface area contributed by atoms with Crippen LogP contribution >= 0.6 is 15.9 Å². The largest absolute Gasteiger partial charge is 0.496 e. The number of pyridine rings is 1. The molecule has 0 unspecified atom stereocenters. The molecule has 8 heteroatoms. The maximum Gasteiger partial charge on any atom is 0.341 e. The molecule has 0 spiro atoms. The van der Waals surface area contributed by atoms with Gasteiger partial charge in [0.1, 0.15) is 17.6 Å². The van der Waals surface area contributed by atoms with Crippen molar-refractivity contribution in [3.8, 4) is 16.9 Å². The van der Waals surface area contributed by atoms with Crippen LogP contribution in [0.4, 0.5) is 11.4 Å². The van der Waals surface area contributed by atoms with Gasteiger partial charge in [0.2, 0.25) is 0 Å². The zero-order valence-corrected chi connectivity index (χ0v) is 17.3. The molecule has 0 aliphatic heterocycles. The lowest BCUT2D eigenvalue weighted by atomic mass is 10.1. The minimum absolute atomic E-state index is 0.375. The summed E-state index contributed by atoms with van der Waals surface area (Å²) in [6.45, 7) is 0. The van der Waals surface area contributed by atoms with Crippen molar-refractivity contribution in [1.82, 2.24) is 14.6 Å². The number of rotatable bonds is 5. The van der Waals surface area contributed by atoms with Crippen molar-refractivity contribution < 1.29 is 14.3 Å². The van der Waals surface area contributed by atoms with Crippen LogP contribution in [0.5, 0.6) is 5.75 Å². The summed E-state index contributed by atoms with van der Waals surface area (Å²) in [4.78, 5) is 16.0. The van der Waals surface area contributed by atoms with Gasteiger partial charge in [-0.2, -0.15) is 5.10 Å². The van der Waals surface area contributed by atoms with Crippen LogP contribution in [0.1, 0.15) is 10.4 Å². The Labute approximate surface area is 175 Å². The molecule has 2 aromatic carbocycles. The first-order valence-corrected chi connectivity index (χ1v) is 9.51. The smallest absolute Gasteiger partial charge is 0.341 e. The van der Waals surface area contributed by atoms with Gasteiger partial charge >= 0.3 is 5.97 Å². The van der Waals surface area contributed by atoms with Crippen molar-refractivity contribution in [2.75, 3.05) is 19.5 Å². The SMILES string of the molecule is COC(=O)c1ccc(Nc2cccc(-c3cc(Br)c4ncnn4c3)c2)cc1OC. The highest BCUT2D eigenvalue weighted by Gasteiger charge is 2.13. The van der Waals surface area contributed by atoms with Crippen molar-refractivity contribution in [3.05, 3.63) is 71.1 Å². The molecule has 7 nitrogen and oxygen atoms in total. The van der Waals surface area contributed by atoms with Gasteiger partial charge in [-0.1, -0.05) is 12.1 Å². The molecule has 29 heavy (non-hydrogen) atoms. The van der Waals surface area contributed by atoms with Crippen LogP contribution in [0, 0.1) is 0 Å². The number of nitrogens with zero attached hydrogens (tertiary/aromatic N) is 3. The summed E-state index contributed by atoms with van der Waals surface area (Å²) in [5.41, 5.74) is 4.84. The van der Waals surface area contributed by atoms with Crippen LogP contribution in [0.15, 0.2) is 65.5 Å². The van der Waals surface area contributed by atoms with Crippen molar-refractivity contribution in [3.63, 3.8) is 0 Å². The van der Waals surface area contributed by atoms with E-state index in [0.717, 1.165) is 32.6 Å². The van der Waals surface area contributed by atoms with Gasteiger partial charge in [0, 0.05) is 29.2 Å². The number of hydrogen-bond acceptors (Lipinski definition) is 6. The molecular weight excluding hydrogens is 436 g/mol. The zero-order valence-electron chi connectivity index (χ0n) is 15.7. The highest BCUT2D eigenvalue weighted by Crippen LogP contribution is 2.30. The number of nitrogens with one attached hydrogen (secondary N) is 1. The van der Waals surface area contributed by atoms with Gasteiger partial charge < -0.3 is 14.8 Å². The van der Waals surface area contributed by atoms with E-state index in [1.807, 2.05) is 36.5 Å². The molecule has 0 fully saturated rings. The predicted molar refractivity (Wildman–Crippen MR) is 114 cm³/mol. The number of benzene rings is 2. The second-order valence-corrected chi connectivity index (χ2v) is 7.07. The van der Waals surface area contributed by atoms with Crippen LogP contribution in [0.2, 0.25) is 0 Å². The number of hydrogen-bond donors (Lipinski definition) is 1. The summed E-state index contributed by atoms with van der Waals surface area (Å²) in [5.74, 6) is 0.00282. The number of ether oxygens (including phenoxy) is 2. The van der Waals surface area contributed by atoms with Gasteiger partial charge in [0.25, 0.3) is 0 Å². The summed E-state index contributed by atoms with van der Waals surface area (Å²) < 4.78 is 12.7. The summed E-state index contributed by atoms with van der Waals surface area (Å²) in [7, 11) is 2.86. The first-order chi connectivity index (χ1) is 14.1. The number of anilines is 2. The van der Waals surface area contributed by atoms with Crippen LogP contribution in [-0.4, -0.2) is 34.8 Å². The number of esters is 1. The fourth-order valence-corrected chi connectivity index (χ4v) is 3.56. The maximum atomic E-state index is 11.8. The molecule has 2 heterocycles. The third-order valence-electron chi connectivity index (χ3n) is 4.42. The number of fused-ring (bicyclic) bond motifs is 1. The molecular formula is C21H17BrN4O3. The van der Waals surface area contributed by atoms with Gasteiger partial charge in [0.15, 0.2) is 5.65 Å². The number of aromatic nitrogens is 3. The summed E-state index contributed by atoms with van der Waals surface area (Å²) in [6.07, 6.45) is 3.45. The third kappa shape index (κ3) is 3.79. The molecule has 4 aromatic rings. The Morgan fingerprint density at radius 2 is 1.90 bits per heavy atom. The monoisotopic (exact) mass is 452 g/mol. The number of halogens is 1. The van der Waals surface area contributed by atoms with E-state index in [1.165, 1.54) is 20.5 Å². The number of carbonyl (C=O) groups excluding carboxylic acids is 1. The fraction of sp³-hybridized carbons (Fsp3) is 0.0952. The van der Waals surface area contributed by atoms with E-state index >= 15 is 0 Å². The van der Waals surface area contributed by atoms with E-state index in [4.69, 9.17) is 9.47 Å². The lowest BCUT2D eigenvalue weighted by molar-refractivity contribution is 0.0597. The molecule has 0 atom stereocenters. The number of methoxy groups -OCH3 is 2. The van der Waals surface area contributed by atoms with Gasteiger partial charge in [-0.25, -0.2) is 14.3 Å². The lowest BCUT2D eigenvalue weighted by Gasteiger charge is -2.12. The van der Waals surface area contributed by atoms with Crippen LogP contribution in [0.3, 0.4) is 0 Å². The lowest BCUT2D eigenvalue weighted by Crippen LogP contribution is -2.04. The zero-order chi connectivity index (χ0) is 20.4. The fourth-order valence-electron chi connectivity index (χ4n) is 3.03. The van der Waals surface area contributed by atoms with Gasteiger partial charge in [-0.15, -0.1) is 0 Å². The van der Waals surface area contributed by atoms with Gasteiger partial charge in [-0.05, 0) is 51.8 Å². The molecule has 2 aromatic heterocycles. The molecule has 0 aliphatic rings. The Bertz CT molecular complexity index is 1210. The van der Waals surface area contributed by atoms with Crippen molar-refractivity contribution in [1.29, 1.82) is 0 Å². The van der Waals surface area contributed by atoms with Crippen molar-refractivity contribution in [2.45, 2.75) is 0 Å². The maximum absolute atomic E-state index is 11.8. The third-order valence-corrected chi connectivity index (χ3v) is 5.01. The standard InChI is InChI=1S/C21H17BrN4O3/c1-28-19-10-16(6-7-17(19)21(27)29-2)25-15-5-3-4-13(8-15)14-9-18(22)20-23-12-24-26(20)11-14/h3-12,25H,1-2H3. The van der Waals surface area contributed by atoms with E-state index in [9.17, 15) is 4.79 Å². The molecule has 4 rings (SSSR count). The predicted octanol–water partition coefficient (Wildman–Crippen LogP) is 4.70. The van der Waals surface area contributed by atoms with Crippen molar-refractivity contribution in [2.24, 2.45) is 0 Å². The summed E-state index contributed by atoms with van der Waals surface area (Å²) >= 11 is 3.55. The average molecular weight is 453 g/mol. The van der Waals surface area contributed by atoms with E-state index in [1.54, 1.807) is 22.7 Å². The highest BCUT2D eigenvalue weighted by molar-refractivity contribution is 9.10. The molecule has 0 bridgehead atoms. The Morgan fingerprint density at radius 3 is 2.69 bits per heavy atom. The molecule has 0 radical (unpaired) electrons. The van der Waals surface area contributed by atoms with Crippen molar-refractivity contribution >= 4 is 38.9 Å². The molecule has 0 amide bonds.